The Labute approximate surface area is 231 Å². The van der Waals surface area contributed by atoms with Crippen molar-refractivity contribution in [3.63, 3.8) is 0 Å². The molecule has 1 aliphatic carbocycles. The number of esters is 2. The van der Waals surface area contributed by atoms with Gasteiger partial charge in [0.25, 0.3) is 0 Å². The summed E-state index contributed by atoms with van der Waals surface area (Å²) < 4.78 is 17.1. The van der Waals surface area contributed by atoms with Crippen LogP contribution in [0.5, 0.6) is 5.75 Å². The van der Waals surface area contributed by atoms with Crippen LogP contribution in [0.15, 0.2) is 48.0 Å². The molecule has 0 fully saturated rings. The highest BCUT2D eigenvalue weighted by Crippen LogP contribution is 2.41. The molecule has 0 spiro atoms. The highest BCUT2D eigenvalue weighted by atomic mass is 16.5. The lowest BCUT2D eigenvalue weighted by Gasteiger charge is -2.14. The van der Waals surface area contributed by atoms with Gasteiger partial charge in [-0.3, -0.25) is 9.59 Å². The number of fused-ring (bicyclic) bond motifs is 1. The summed E-state index contributed by atoms with van der Waals surface area (Å²) >= 11 is 0. The highest BCUT2D eigenvalue weighted by molar-refractivity contribution is 6.06. The van der Waals surface area contributed by atoms with Gasteiger partial charge in [-0.15, -0.1) is 0 Å². The van der Waals surface area contributed by atoms with Crippen molar-refractivity contribution < 1.29 is 38.5 Å². The minimum atomic E-state index is -1.10. The van der Waals surface area contributed by atoms with Crippen LogP contribution in [-0.4, -0.2) is 60.7 Å². The molecule has 10 heteroatoms. The first-order valence-corrected chi connectivity index (χ1v) is 13.0. The van der Waals surface area contributed by atoms with E-state index in [2.05, 4.69) is 5.32 Å². The second-order valence-electron chi connectivity index (χ2n) is 9.31. The number of allylic oxidation sites excluding steroid dienone is 1. The SMILES string of the molecule is CCOC(=O)Cn1c(CNCC(=O)c2ccc(OC)cc2)c(C2=C(C(=O)OC)CCC2)c2ccc(C(=O)O)cc21. The Balaban J connectivity index is 1.80. The molecule has 40 heavy (non-hydrogen) atoms. The van der Waals surface area contributed by atoms with Gasteiger partial charge in [-0.25, -0.2) is 9.59 Å². The van der Waals surface area contributed by atoms with Crippen LogP contribution in [0, 0.1) is 0 Å². The van der Waals surface area contributed by atoms with E-state index in [9.17, 15) is 24.3 Å². The summed E-state index contributed by atoms with van der Waals surface area (Å²) in [5.74, 6) is -1.51. The second kappa shape index (κ2) is 12.6. The molecule has 0 saturated carbocycles. The number of nitrogens with zero attached hydrogens (tertiary/aromatic N) is 1. The van der Waals surface area contributed by atoms with Crippen LogP contribution in [0.25, 0.3) is 16.5 Å². The second-order valence-corrected chi connectivity index (χ2v) is 9.31. The van der Waals surface area contributed by atoms with Gasteiger partial charge in [-0.2, -0.15) is 0 Å². The number of carboxylic acids is 1. The predicted octanol–water partition coefficient (Wildman–Crippen LogP) is 3.99. The van der Waals surface area contributed by atoms with Gasteiger partial charge >= 0.3 is 17.9 Å². The average Bonchev–Trinajstić information content (AvgIpc) is 3.55. The Morgan fingerprint density at radius 1 is 1.00 bits per heavy atom. The van der Waals surface area contributed by atoms with Crippen molar-refractivity contribution in [2.24, 2.45) is 0 Å². The lowest BCUT2D eigenvalue weighted by Crippen LogP contribution is -2.25. The van der Waals surface area contributed by atoms with E-state index in [0.717, 1.165) is 17.6 Å². The molecule has 0 unspecified atom stereocenters. The third-order valence-corrected chi connectivity index (χ3v) is 6.95. The van der Waals surface area contributed by atoms with E-state index in [1.54, 1.807) is 48.9 Å². The van der Waals surface area contributed by atoms with Crippen LogP contribution in [0.4, 0.5) is 0 Å². The molecule has 0 saturated heterocycles. The maximum Gasteiger partial charge on any atom is 0.335 e. The van der Waals surface area contributed by atoms with Gasteiger partial charge in [-0.1, -0.05) is 6.07 Å². The number of aromatic carboxylic acids is 1. The monoisotopic (exact) mass is 548 g/mol. The molecule has 210 valence electrons. The molecule has 1 aromatic heterocycles. The minimum Gasteiger partial charge on any atom is -0.497 e. The van der Waals surface area contributed by atoms with E-state index in [1.165, 1.54) is 19.2 Å². The van der Waals surface area contributed by atoms with Crippen molar-refractivity contribution in [2.45, 2.75) is 39.3 Å². The molecule has 0 aliphatic heterocycles. The molecule has 0 radical (unpaired) electrons. The molecule has 0 bridgehead atoms. The number of methoxy groups -OCH3 is 2. The van der Waals surface area contributed by atoms with E-state index in [1.807, 2.05) is 0 Å². The zero-order valence-electron chi connectivity index (χ0n) is 22.7. The third kappa shape index (κ3) is 5.91. The van der Waals surface area contributed by atoms with Gasteiger partial charge in [0.1, 0.15) is 12.3 Å². The molecular formula is C30H32N2O8. The molecule has 1 aliphatic rings. The summed E-state index contributed by atoms with van der Waals surface area (Å²) in [6.07, 6.45) is 1.91. The number of carbonyl (C=O) groups is 4. The maximum atomic E-state index is 12.9. The van der Waals surface area contributed by atoms with Crippen LogP contribution in [0.1, 0.15) is 58.2 Å². The van der Waals surface area contributed by atoms with Crippen molar-refractivity contribution in [3.05, 3.63) is 70.4 Å². The lowest BCUT2D eigenvalue weighted by molar-refractivity contribution is -0.143. The molecule has 0 atom stereocenters. The first kappa shape index (κ1) is 28.6. The summed E-state index contributed by atoms with van der Waals surface area (Å²) in [7, 11) is 2.89. The number of ketones is 1. The summed E-state index contributed by atoms with van der Waals surface area (Å²) in [6, 6.07) is 11.5. The summed E-state index contributed by atoms with van der Waals surface area (Å²) in [4.78, 5) is 50.0. The molecule has 0 amide bonds. The molecular weight excluding hydrogens is 516 g/mol. The van der Waals surface area contributed by atoms with Gasteiger partial charge < -0.3 is 29.2 Å². The molecule has 2 aromatic carbocycles. The third-order valence-electron chi connectivity index (χ3n) is 6.95. The Morgan fingerprint density at radius 2 is 1.73 bits per heavy atom. The fourth-order valence-electron chi connectivity index (χ4n) is 5.11. The zero-order chi connectivity index (χ0) is 28.8. The Hall–Kier alpha value is -4.44. The van der Waals surface area contributed by atoms with E-state index in [-0.39, 0.29) is 37.6 Å². The minimum absolute atomic E-state index is 0.00990. The summed E-state index contributed by atoms with van der Waals surface area (Å²) in [5, 5.41) is 13.5. The van der Waals surface area contributed by atoms with Crippen LogP contribution in [-0.2, 0) is 32.2 Å². The summed E-state index contributed by atoms with van der Waals surface area (Å²) in [6.45, 7) is 1.91. The van der Waals surface area contributed by atoms with Crippen molar-refractivity contribution in [1.29, 1.82) is 0 Å². The number of carbonyl (C=O) groups excluding carboxylic acids is 3. The van der Waals surface area contributed by atoms with Gasteiger partial charge in [0.15, 0.2) is 5.78 Å². The largest absolute Gasteiger partial charge is 0.497 e. The van der Waals surface area contributed by atoms with E-state index >= 15 is 0 Å². The van der Waals surface area contributed by atoms with Gasteiger partial charge in [0, 0.05) is 34.3 Å². The van der Waals surface area contributed by atoms with Crippen LogP contribution in [0.2, 0.25) is 0 Å². The number of rotatable bonds is 12. The van der Waals surface area contributed by atoms with Crippen LogP contribution >= 0.6 is 0 Å². The molecule has 1 heterocycles. The standard InChI is InChI=1S/C30H32N2O8/c1-4-40-27(34)17-32-24-14-19(29(35)36)10-13-23(24)28(21-6-5-7-22(21)30(37)39-3)25(32)15-31-16-26(33)18-8-11-20(38-2)12-9-18/h8-14,31H,4-7,15-17H2,1-3H3,(H,35,36). The number of aromatic nitrogens is 1. The maximum absolute atomic E-state index is 12.9. The van der Waals surface area contributed by atoms with Crippen molar-refractivity contribution in [3.8, 4) is 5.75 Å². The fraction of sp³-hybridized carbons (Fsp3) is 0.333. The van der Waals surface area contributed by atoms with Crippen LogP contribution in [0.3, 0.4) is 0 Å². The fourth-order valence-corrected chi connectivity index (χ4v) is 5.11. The number of hydrogen-bond donors (Lipinski definition) is 2. The number of nitrogens with one attached hydrogen (secondary N) is 1. The quantitative estimate of drug-likeness (QED) is 0.255. The summed E-state index contributed by atoms with van der Waals surface area (Å²) in [5.41, 5.74) is 3.81. The Morgan fingerprint density at radius 3 is 2.38 bits per heavy atom. The van der Waals surface area contributed by atoms with Gasteiger partial charge in [0.2, 0.25) is 0 Å². The number of Topliss-reactive ketones (excluding diaryl/α,β-unsaturated/α-hetero) is 1. The topological polar surface area (TPSA) is 133 Å². The normalized spacial score (nSPS) is 13.0. The molecule has 10 nitrogen and oxygen atoms in total. The number of hydrogen-bond acceptors (Lipinski definition) is 8. The smallest absolute Gasteiger partial charge is 0.335 e. The van der Waals surface area contributed by atoms with Crippen molar-refractivity contribution in [1.82, 2.24) is 9.88 Å². The molecule has 2 N–H and O–H groups in total. The van der Waals surface area contributed by atoms with Gasteiger partial charge in [0.05, 0.1) is 38.5 Å². The lowest BCUT2D eigenvalue weighted by atomic mass is 9.97. The number of benzene rings is 2. The first-order chi connectivity index (χ1) is 19.3. The van der Waals surface area contributed by atoms with E-state index < -0.39 is 17.9 Å². The number of carboxylic acid groups (broad SMARTS) is 1. The average molecular weight is 549 g/mol. The molecule has 3 aromatic rings. The van der Waals surface area contributed by atoms with E-state index in [0.29, 0.717) is 46.3 Å². The first-order valence-electron chi connectivity index (χ1n) is 13.0. The van der Waals surface area contributed by atoms with Crippen molar-refractivity contribution >= 4 is 40.2 Å². The van der Waals surface area contributed by atoms with Crippen LogP contribution < -0.4 is 10.1 Å². The zero-order valence-corrected chi connectivity index (χ0v) is 22.7. The molecule has 4 rings (SSSR count). The Kier molecular flexibility index (Phi) is 9.00. The highest BCUT2D eigenvalue weighted by Gasteiger charge is 2.29. The van der Waals surface area contributed by atoms with Gasteiger partial charge in [-0.05, 0) is 68.2 Å². The number of ether oxygens (including phenoxy) is 3. The predicted molar refractivity (Wildman–Crippen MR) is 147 cm³/mol. The van der Waals surface area contributed by atoms with Crippen molar-refractivity contribution in [2.75, 3.05) is 27.4 Å². The Bertz CT molecular complexity index is 1480. The van der Waals surface area contributed by atoms with E-state index in [4.69, 9.17) is 14.2 Å².